The van der Waals surface area contributed by atoms with Crippen molar-refractivity contribution in [3.63, 3.8) is 0 Å². The third-order valence-corrected chi connectivity index (χ3v) is 5.20. The fourth-order valence-corrected chi connectivity index (χ4v) is 3.52. The number of ether oxygens (including phenoxy) is 3. The molecule has 134 valence electrons. The van der Waals surface area contributed by atoms with E-state index in [2.05, 4.69) is 38.0 Å². The second-order valence-corrected chi connectivity index (χ2v) is 12.6. The molecule has 0 aromatic rings. The van der Waals surface area contributed by atoms with Crippen LogP contribution in [0.1, 0.15) is 33.1 Å². The Balaban J connectivity index is 2.65. The molecule has 1 unspecified atom stereocenters. The zero-order chi connectivity index (χ0) is 17.6. The summed E-state index contributed by atoms with van der Waals surface area (Å²) in [4.78, 5) is 0. The first kappa shape index (κ1) is 20.7. The van der Waals surface area contributed by atoms with E-state index < -0.39 is 14.4 Å². The van der Waals surface area contributed by atoms with Crippen molar-refractivity contribution in [3.8, 4) is 11.5 Å². The van der Waals surface area contributed by atoms with Crippen molar-refractivity contribution < 1.29 is 19.3 Å². The van der Waals surface area contributed by atoms with Gasteiger partial charge in [-0.05, 0) is 18.8 Å². The Morgan fingerprint density at radius 2 is 1.96 bits per heavy atom. The number of methoxy groups -OCH3 is 2. The molecule has 1 aliphatic rings. The van der Waals surface area contributed by atoms with Crippen LogP contribution in [0.3, 0.4) is 0 Å². The first-order valence-electron chi connectivity index (χ1n) is 8.57. The summed E-state index contributed by atoms with van der Waals surface area (Å²) in [6.07, 6.45) is 1.39. The number of aliphatic hydroxyl groups is 1. The number of rotatable bonds is 6. The quantitative estimate of drug-likeness (QED) is 0.595. The molecule has 23 heavy (non-hydrogen) atoms. The molecule has 0 aliphatic carbocycles. The van der Waals surface area contributed by atoms with Gasteiger partial charge in [-0.1, -0.05) is 33.5 Å². The third-order valence-electron chi connectivity index (χ3n) is 4.27. The predicted octanol–water partition coefficient (Wildman–Crippen LogP) is 3.06. The minimum Gasteiger partial charge on any atom is -0.379 e. The van der Waals surface area contributed by atoms with Gasteiger partial charge in [0.05, 0.1) is 12.2 Å². The summed E-state index contributed by atoms with van der Waals surface area (Å²) >= 11 is 0. The zero-order valence-electron chi connectivity index (χ0n) is 15.8. The SMILES string of the molecule is CO[C@@H](C[C@@H](C)CC#C[Si](C)(C)C)[C@H]1OC(O)[C@H](C)C[C@@H]1OC. The zero-order valence-corrected chi connectivity index (χ0v) is 16.8. The van der Waals surface area contributed by atoms with Crippen LogP contribution in [-0.2, 0) is 14.2 Å². The molecule has 0 saturated carbocycles. The van der Waals surface area contributed by atoms with Gasteiger partial charge in [0.25, 0.3) is 0 Å². The summed E-state index contributed by atoms with van der Waals surface area (Å²) < 4.78 is 17.0. The number of aliphatic hydroxyl groups excluding tert-OH is 1. The Hall–Kier alpha value is -0.383. The smallest absolute Gasteiger partial charge is 0.157 e. The molecule has 1 aliphatic heterocycles. The van der Waals surface area contributed by atoms with Gasteiger partial charge >= 0.3 is 0 Å². The van der Waals surface area contributed by atoms with Crippen molar-refractivity contribution in [1.82, 2.24) is 0 Å². The molecule has 1 N–H and O–H groups in total. The molecule has 6 atom stereocenters. The van der Waals surface area contributed by atoms with Crippen LogP contribution in [0.5, 0.6) is 0 Å². The van der Waals surface area contributed by atoms with Crippen molar-refractivity contribution >= 4 is 8.07 Å². The highest BCUT2D eigenvalue weighted by Crippen LogP contribution is 2.30. The van der Waals surface area contributed by atoms with Crippen molar-refractivity contribution in [2.24, 2.45) is 11.8 Å². The summed E-state index contributed by atoms with van der Waals surface area (Å²) in [5.41, 5.74) is 3.41. The maximum absolute atomic E-state index is 10.0. The highest BCUT2D eigenvalue weighted by atomic mass is 28.3. The second-order valence-electron chi connectivity index (χ2n) is 7.85. The summed E-state index contributed by atoms with van der Waals surface area (Å²) in [5.74, 6) is 3.83. The lowest BCUT2D eigenvalue weighted by Gasteiger charge is -2.41. The van der Waals surface area contributed by atoms with Gasteiger partial charge in [0, 0.05) is 26.6 Å². The Morgan fingerprint density at radius 1 is 1.30 bits per heavy atom. The van der Waals surface area contributed by atoms with Gasteiger partial charge in [0.1, 0.15) is 14.2 Å². The number of hydrogen-bond acceptors (Lipinski definition) is 4. The van der Waals surface area contributed by atoms with Gasteiger partial charge in [-0.2, -0.15) is 0 Å². The molecule has 1 heterocycles. The minimum atomic E-state index is -1.31. The van der Waals surface area contributed by atoms with E-state index in [1.54, 1.807) is 14.2 Å². The monoisotopic (exact) mass is 342 g/mol. The Labute approximate surface area is 142 Å². The lowest BCUT2D eigenvalue weighted by atomic mass is 9.89. The number of hydrogen-bond donors (Lipinski definition) is 1. The first-order chi connectivity index (χ1) is 10.7. The van der Waals surface area contributed by atoms with Crippen LogP contribution >= 0.6 is 0 Å². The fourth-order valence-electron chi connectivity index (χ4n) is 2.89. The van der Waals surface area contributed by atoms with Crippen molar-refractivity contribution in [2.45, 2.75) is 77.4 Å². The molecule has 1 saturated heterocycles. The molecule has 0 aromatic heterocycles. The van der Waals surface area contributed by atoms with Gasteiger partial charge in [0.15, 0.2) is 6.29 Å². The maximum Gasteiger partial charge on any atom is 0.157 e. The highest BCUT2D eigenvalue weighted by Gasteiger charge is 2.40. The molecule has 0 radical (unpaired) electrons. The standard InChI is InChI=1S/C18H34O4Si/c1-13(9-8-10-23(5,6)7)11-15(20-3)17-16(21-4)12-14(2)18(19)22-17/h13-19H,9,11-12H2,1-7H3/t13-,14+,15-,16-,17+,18?/m0/s1. The van der Waals surface area contributed by atoms with Crippen LogP contribution in [0.15, 0.2) is 0 Å². The summed E-state index contributed by atoms with van der Waals surface area (Å²) in [6, 6.07) is 0. The second kappa shape index (κ2) is 9.19. The van der Waals surface area contributed by atoms with Crippen LogP contribution < -0.4 is 0 Å². The van der Waals surface area contributed by atoms with Crippen molar-refractivity contribution in [2.75, 3.05) is 14.2 Å². The van der Waals surface area contributed by atoms with Crippen molar-refractivity contribution in [3.05, 3.63) is 0 Å². The molecule has 1 rings (SSSR count). The first-order valence-corrected chi connectivity index (χ1v) is 12.1. The molecule has 1 fully saturated rings. The molecule has 0 aromatic carbocycles. The average molecular weight is 343 g/mol. The normalized spacial score (nSPS) is 31.1. The molecule has 4 nitrogen and oxygen atoms in total. The summed E-state index contributed by atoms with van der Waals surface area (Å²) in [6.45, 7) is 10.9. The summed E-state index contributed by atoms with van der Waals surface area (Å²) in [7, 11) is 2.09. The van der Waals surface area contributed by atoms with E-state index in [1.165, 1.54) is 0 Å². The van der Waals surface area contributed by atoms with Crippen LogP contribution in [0.25, 0.3) is 0 Å². The van der Waals surface area contributed by atoms with Gasteiger partial charge in [-0.15, -0.1) is 11.5 Å². The van der Waals surface area contributed by atoms with Crippen LogP contribution in [0.4, 0.5) is 0 Å². The van der Waals surface area contributed by atoms with Crippen LogP contribution in [0, 0.1) is 23.3 Å². The van der Waals surface area contributed by atoms with Gasteiger partial charge in [-0.25, -0.2) is 0 Å². The molecule has 0 amide bonds. The predicted molar refractivity (Wildman–Crippen MR) is 95.8 cm³/mol. The van der Waals surface area contributed by atoms with Crippen molar-refractivity contribution in [1.29, 1.82) is 0 Å². The Kier molecular flexibility index (Phi) is 8.26. The van der Waals surface area contributed by atoms with E-state index in [-0.39, 0.29) is 24.2 Å². The van der Waals surface area contributed by atoms with Crippen LogP contribution in [0.2, 0.25) is 19.6 Å². The lowest BCUT2D eigenvalue weighted by molar-refractivity contribution is -0.254. The lowest BCUT2D eigenvalue weighted by Crippen LogP contribution is -2.51. The van der Waals surface area contributed by atoms with E-state index in [9.17, 15) is 5.11 Å². The molecule has 0 spiro atoms. The van der Waals surface area contributed by atoms with E-state index in [1.807, 2.05) is 6.92 Å². The minimum absolute atomic E-state index is 0.0429. The van der Waals surface area contributed by atoms with Gasteiger partial charge in [0.2, 0.25) is 0 Å². The summed E-state index contributed by atoms with van der Waals surface area (Å²) in [5, 5.41) is 10.0. The average Bonchev–Trinajstić information content (AvgIpc) is 2.46. The van der Waals surface area contributed by atoms with Crippen LogP contribution in [-0.4, -0.2) is 52.0 Å². The molecule has 5 heteroatoms. The molecular formula is C18H34O4Si. The van der Waals surface area contributed by atoms with E-state index in [0.29, 0.717) is 5.92 Å². The largest absolute Gasteiger partial charge is 0.379 e. The van der Waals surface area contributed by atoms with E-state index >= 15 is 0 Å². The Morgan fingerprint density at radius 3 is 2.48 bits per heavy atom. The van der Waals surface area contributed by atoms with Gasteiger partial charge in [-0.3, -0.25) is 0 Å². The van der Waals surface area contributed by atoms with E-state index in [4.69, 9.17) is 14.2 Å². The third kappa shape index (κ3) is 6.94. The highest BCUT2D eigenvalue weighted by molar-refractivity contribution is 6.83. The topological polar surface area (TPSA) is 47.9 Å². The maximum atomic E-state index is 10.0. The Bertz CT molecular complexity index is 409. The van der Waals surface area contributed by atoms with E-state index in [0.717, 1.165) is 19.3 Å². The van der Waals surface area contributed by atoms with Gasteiger partial charge < -0.3 is 19.3 Å². The molecule has 0 bridgehead atoms. The molecular weight excluding hydrogens is 308 g/mol. The fraction of sp³-hybridized carbons (Fsp3) is 0.889.